The summed E-state index contributed by atoms with van der Waals surface area (Å²) in [6.45, 7) is 12.6. The zero-order valence-corrected chi connectivity index (χ0v) is 18.2. The third-order valence-corrected chi connectivity index (χ3v) is 21.1. The molecule has 0 aliphatic heterocycles. The standard InChI is InChI=1S/C7H13O.3C4H9.Sn/c1-3-4-5-6-7-8-2;3*1-3-4-2;/h1,4-7H2,2H3;3*1,3-4H2,2H3;. The topological polar surface area (TPSA) is 9.23 Å². The van der Waals surface area contributed by atoms with Gasteiger partial charge in [-0.1, -0.05) is 0 Å². The van der Waals surface area contributed by atoms with E-state index in [9.17, 15) is 0 Å². The summed E-state index contributed by atoms with van der Waals surface area (Å²) >= 11 is -2.12. The molecule has 1 nitrogen and oxygen atoms in total. The molecule has 2 heteroatoms. The van der Waals surface area contributed by atoms with Crippen molar-refractivity contribution in [1.82, 2.24) is 0 Å². The van der Waals surface area contributed by atoms with Gasteiger partial charge in [0, 0.05) is 0 Å². The van der Waals surface area contributed by atoms with Crippen LogP contribution >= 0.6 is 0 Å². The fourth-order valence-electron chi connectivity index (χ4n) is 3.30. The van der Waals surface area contributed by atoms with Crippen molar-refractivity contribution < 1.29 is 4.74 Å². The van der Waals surface area contributed by atoms with Crippen LogP contribution in [0.25, 0.3) is 0 Å². The first-order valence-corrected chi connectivity index (χ1v) is 16.8. The predicted molar refractivity (Wildman–Crippen MR) is 99.8 cm³/mol. The fourth-order valence-corrected chi connectivity index (χ4v) is 19.3. The third kappa shape index (κ3) is 9.28. The summed E-state index contributed by atoms with van der Waals surface area (Å²) < 4.78 is 11.6. The van der Waals surface area contributed by atoms with E-state index in [4.69, 9.17) is 4.74 Å². The van der Waals surface area contributed by atoms with Gasteiger partial charge in [0.25, 0.3) is 0 Å². The molecular weight excluding hydrogens is 363 g/mol. The van der Waals surface area contributed by atoms with E-state index in [1.54, 1.807) is 16.9 Å². The van der Waals surface area contributed by atoms with E-state index in [1.165, 1.54) is 57.8 Å². The van der Waals surface area contributed by atoms with E-state index in [-0.39, 0.29) is 0 Å². The van der Waals surface area contributed by atoms with Crippen molar-refractivity contribution in [2.45, 2.75) is 91.9 Å². The van der Waals surface area contributed by atoms with Crippen molar-refractivity contribution >= 4 is 18.4 Å². The average Bonchev–Trinajstić information content (AvgIpc) is 2.51. The molecule has 0 aromatic carbocycles. The zero-order valence-electron chi connectivity index (χ0n) is 15.3. The van der Waals surface area contributed by atoms with Gasteiger partial charge in [0.15, 0.2) is 0 Å². The Morgan fingerprint density at radius 3 is 1.67 bits per heavy atom. The summed E-state index contributed by atoms with van der Waals surface area (Å²) in [5.74, 6) is 0. The quantitative estimate of drug-likeness (QED) is 0.217. The Bertz CT molecular complexity index is 228. The van der Waals surface area contributed by atoms with Gasteiger partial charge in [-0.15, -0.1) is 0 Å². The second-order valence-electron chi connectivity index (χ2n) is 6.64. The second-order valence-corrected chi connectivity index (χ2v) is 20.3. The van der Waals surface area contributed by atoms with Crippen LogP contribution < -0.4 is 0 Å². The zero-order chi connectivity index (χ0) is 16.0. The molecule has 0 amide bonds. The van der Waals surface area contributed by atoms with E-state index in [0.29, 0.717) is 0 Å². The first-order chi connectivity index (χ1) is 10.2. The number of rotatable bonds is 15. The van der Waals surface area contributed by atoms with Crippen LogP contribution in [0.4, 0.5) is 0 Å². The molecular formula is C19H40OSn. The monoisotopic (exact) mass is 404 g/mol. The molecule has 0 saturated carbocycles. The van der Waals surface area contributed by atoms with Crippen LogP contribution in [0.3, 0.4) is 0 Å². The Morgan fingerprint density at radius 2 is 1.29 bits per heavy atom. The van der Waals surface area contributed by atoms with Crippen molar-refractivity contribution in [3.05, 3.63) is 10.2 Å². The Labute approximate surface area is 138 Å². The summed E-state index contributed by atoms with van der Waals surface area (Å²) in [5, 5.41) is 0. The maximum absolute atomic E-state index is 5.19. The number of hydrogen-bond donors (Lipinski definition) is 0. The predicted octanol–water partition coefficient (Wildman–Crippen LogP) is 6.75. The molecule has 0 N–H and O–H groups in total. The molecule has 21 heavy (non-hydrogen) atoms. The van der Waals surface area contributed by atoms with Gasteiger partial charge in [0.2, 0.25) is 0 Å². The number of methoxy groups -OCH3 is 1. The maximum atomic E-state index is 5.19. The van der Waals surface area contributed by atoms with Crippen LogP contribution in [-0.4, -0.2) is 32.1 Å². The van der Waals surface area contributed by atoms with Gasteiger partial charge in [0.1, 0.15) is 0 Å². The number of hydrogen-bond acceptors (Lipinski definition) is 1. The van der Waals surface area contributed by atoms with Crippen LogP contribution in [-0.2, 0) is 4.74 Å². The molecule has 0 atom stereocenters. The van der Waals surface area contributed by atoms with E-state index in [2.05, 4.69) is 27.4 Å². The summed E-state index contributed by atoms with van der Waals surface area (Å²) in [6.07, 6.45) is 12.2. The van der Waals surface area contributed by atoms with Gasteiger partial charge in [-0.3, -0.25) is 0 Å². The van der Waals surface area contributed by atoms with Gasteiger partial charge >= 0.3 is 139 Å². The first kappa shape index (κ1) is 21.5. The molecule has 0 heterocycles. The normalized spacial score (nSPS) is 11.8. The Hall–Kier alpha value is 0.499. The Morgan fingerprint density at radius 1 is 0.810 bits per heavy atom. The van der Waals surface area contributed by atoms with E-state index >= 15 is 0 Å². The number of allylic oxidation sites excluding steroid dienone is 1. The molecule has 0 fully saturated rings. The molecule has 126 valence electrons. The summed E-state index contributed by atoms with van der Waals surface area (Å²) in [6, 6.07) is 0. The fraction of sp³-hybridized carbons (Fsp3) is 0.895. The van der Waals surface area contributed by atoms with Crippen molar-refractivity contribution in [2.24, 2.45) is 0 Å². The van der Waals surface area contributed by atoms with Crippen molar-refractivity contribution in [1.29, 1.82) is 0 Å². The minimum absolute atomic E-state index is 0.911. The molecule has 0 saturated heterocycles. The summed E-state index contributed by atoms with van der Waals surface area (Å²) in [7, 11) is 1.81. The van der Waals surface area contributed by atoms with E-state index in [0.717, 1.165) is 6.61 Å². The van der Waals surface area contributed by atoms with Crippen LogP contribution in [0.2, 0.25) is 13.3 Å². The summed E-state index contributed by atoms with van der Waals surface area (Å²) in [5.41, 5.74) is 0. The van der Waals surface area contributed by atoms with Gasteiger partial charge in [-0.05, 0) is 0 Å². The molecule has 0 bridgehead atoms. The molecule has 0 rings (SSSR count). The SMILES string of the molecule is C=[C](CCCCOC)[Sn]([CH2]CCC)([CH2]CCC)[CH2]CCC. The van der Waals surface area contributed by atoms with Gasteiger partial charge in [-0.25, -0.2) is 0 Å². The first-order valence-electron chi connectivity index (χ1n) is 9.34. The van der Waals surface area contributed by atoms with Crippen LogP contribution in [0.5, 0.6) is 0 Å². The molecule has 0 aliphatic rings. The van der Waals surface area contributed by atoms with E-state index in [1.807, 2.05) is 7.11 Å². The van der Waals surface area contributed by atoms with Gasteiger partial charge < -0.3 is 0 Å². The Kier molecular flexibility index (Phi) is 14.4. The van der Waals surface area contributed by atoms with Crippen molar-refractivity contribution in [3.63, 3.8) is 0 Å². The Balaban J connectivity index is 4.70. The number of unbranched alkanes of at least 4 members (excludes halogenated alkanes) is 4. The van der Waals surface area contributed by atoms with Crippen molar-refractivity contribution in [2.75, 3.05) is 13.7 Å². The van der Waals surface area contributed by atoms with Gasteiger partial charge in [-0.2, -0.15) is 0 Å². The molecule has 0 spiro atoms. The summed E-state index contributed by atoms with van der Waals surface area (Å²) in [4.78, 5) is 0. The molecule has 0 aromatic rings. The molecule has 0 aliphatic carbocycles. The van der Waals surface area contributed by atoms with Crippen LogP contribution in [0, 0.1) is 0 Å². The second kappa shape index (κ2) is 14.1. The average molecular weight is 403 g/mol. The molecule has 0 unspecified atom stereocenters. The van der Waals surface area contributed by atoms with Gasteiger partial charge in [0.05, 0.1) is 0 Å². The molecule has 0 aromatic heterocycles. The molecule has 0 radical (unpaired) electrons. The third-order valence-electron chi connectivity index (χ3n) is 4.85. The van der Waals surface area contributed by atoms with Crippen LogP contribution in [0.15, 0.2) is 10.2 Å². The van der Waals surface area contributed by atoms with Crippen LogP contribution in [0.1, 0.15) is 78.6 Å². The number of ether oxygens (including phenoxy) is 1. The van der Waals surface area contributed by atoms with E-state index < -0.39 is 18.4 Å². The minimum atomic E-state index is -2.12. The van der Waals surface area contributed by atoms with Crippen molar-refractivity contribution in [3.8, 4) is 0 Å².